The number of carbonyl (C=O) groups is 1. The second kappa shape index (κ2) is 4.54. The number of hydrogen-bond donors (Lipinski definition) is 0. The summed E-state index contributed by atoms with van der Waals surface area (Å²) in [6.07, 6.45) is 0.925. The molecule has 0 aliphatic carbocycles. The van der Waals surface area contributed by atoms with Gasteiger partial charge in [0.2, 0.25) is 0 Å². The molecule has 0 radical (unpaired) electrons. The van der Waals surface area contributed by atoms with Crippen LogP contribution in [0.3, 0.4) is 0 Å². The Balaban J connectivity index is 1.84. The normalized spacial score (nSPS) is 20.1. The average Bonchev–Trinajstić information content (AvgIpc) is 2.48. The van der Waals surface area contributed by atoms with Crippen molar-refractivity contribution in [2.75, 3.05) is 6.54 Å². The van der Waals surface area contributed by atoms with Gasteiger partial charge in [0.25, 0.3) is 5.91 Å². The first-order valence-corrected chi connectivity index (χ1v) is 7.85. The molecule has 20 heavy (non-hydrogen) atoms. The van der Waals surface area contributed by atoms with Gasteiger partial charge in [-0.2, -0.15) is 0 Å². The summed E-state index contributed by atoms with van der Waals surface area (Å²) >= 11 is 7.76. The first kappa shape index (κ1) is 12.3. The third kappa shape index (κ3) is 1.77. The van der Waals surface area contributed by atoms with Crippen molar-refractivity contribution in [2.45, 2.75) is 16.7 Å². The fraction of sp³-hybridized carbons (Fsp3) is 0.188. The highest BCUT2D eigenvalue weighted by Gasteiger charge is 2.37. The summed E-state index contributed by atoms with van der Waals surface area (Å²) in [7, 11) is 0. The first-order valence-electron chi connectivity index (χ1n) is 6.59. The standard InChI is InChI=1S/C16H12ClNOS/c17-11-5-6-14-13(9-11)15(19)18-8-7-10-3-1-2-4-12(10)16(18)20-14/h1-6,9,16H,7-8H2. The minimum atomic E-state index is 0.0979. The van der Waals surface area contributed by atoms with Gasteiger partial charge >= 0.3 is 0 Å². The van der Waals surface area contributed by atoms with Gasteiger partial charge in [0.1, 0.15) is 5.37 Å². The van der Waals surface area contributed by atoms with E-state index < -0.39 is 0 Å². The maximum atomic E-state index is 12.7. The van der Waals surface area contributed by atoms with Crippen molar-refractivity contribution in [1.29, 1.82) is 0 Å². The number of benzene rings is 2. The lowest BCUT2D eigenvalue weighted by molar-refractivity contribution is 0.0716. The van der Waals surface area contributed by atoms with E-state index in [0.717, 1.165) is 23.4 Å². The lowest BCUT2D eigenvalue weighted by Gasteiger charge is -2.40. The third-order valence-electron chi connectivity index (χ3n) is 3.90. The van der Waals surface area contributed by atoms with Crippen LogP contribution in [0, 0.1) is 0 Å². The molecule has 0 bridgehead atoms. The number of thioether (sulfide) groups is 1. The van der Waals surface area contributed by atoms with E-state index in [9.17, 15) is 4.79 Å². The lowest BCUT2D eigenvalue weighted by Crippen LogP contribution is -2.41. The van der Waals surface area contributed by atoms with E-state index in [1.807, 2.05) is 23.1 Å². The highest BCUT2D eigenvalue weighted by atomic mass is 35.5. The van der Waals surface area contributed by atoms with Crippen molar-refractivity contribution in [3.63, 3.8) is 0 Å². The van der Waals surface area contributed by atoms with Crippen LogP contribution in [-0.4, -0.2) is 17.4 Å². The maximum Gasteiger partial charge on any atom is 0.256 e. The molecule has 1 atom stereocenters. The molecule has 0 aromatic heterocycles. The smallest absolute Gasteiger partial charge is 0.256 e. The number of amides is 1. The molecule has 2 aromatic carbocycles. The number of nitrogens with zero attached hydrogens (tertiary/aromatic N) is 1. The fourth-order valence-corrected chi connectivity index (χ4v) is 4.43. The molecule has 0 spiro atoms. The minimum absolute atomic E-state index is 0.0979. The quantitative estimate of drug-likeness (QED) is 0.729. The van der Waals surface area contributed by atoms with Crippen LogP contribution in [0.4, 0.5) is 0 Å². The lowest BCUT2D eigenvalue weighted by atomic mass is 9.98. The molecule has 0 N–H and O–H groups in total. The SMILES string of the molecule is O=C1c2cc(Cl)ccc2SC2c3ccccc3CCN12. The van der Waals surface area contributed by atoms with E-state index in [4.69, 9.17) is 11.6 Å². The van der Waals surface area contributed by atoms with Gasteiger partial charge in [-0.3, -0.25) is 4.79 Å². The van der Waals surface area contributed by atoms with Crippen LogP contribution in [0.25, 0.3) is 0 Å². The van der Waals surface area contributed by atoms with Crippen LogP contribution >= 0.6 is 23.4 Å². The number of fused-ring (bicyclic) bond motifs is 4. The van der Waals surface area contributed by atoms with Crippen LogP contribution in [0.2, 0.25) is 5.02 Å². The maximum absolute atomic E-state index is 12.7. The molecule has 1 amide bonds. The van der Waals surface area contributed by atoms with Crippen molar-refractivity contribution in [3.8, 4) is 0 Å². The molecular weight excluding hydrogens is 290 g/mol. The Kier molecular flexibility index (Phi) is 2.79. The molecule has 0 fully saturated rings. The van der Waals surface area contributed by atoms with E-state index >= 15 is 0 Å². The zero-order valence-electron chi connectivity index (χ0n) is 10.7. The zero-order valence-corrected chi connectivity index (χ0v) is 12.2. The summed E-state index contributed by atoms with van der Waals surface area (Å²) in [6.45, 7) is 0.777. The Morgan fingerprint density at radius 1 is 1.20 bits per heavy atom. The summed E-state index contributed by atoms with van der Waals surface area (Å²) in [5.41, 5.74) is 3.35. The van der Waals surface area contributed by atoms with E-state index in [-0.39, 0.29) is 11.3 Å². The molecular formula is C16H12ClNOS. The van der Waals surface area contributed by atoms with Crippen LogP contribution in [0.1, 0.15) is 26.9 Å². The molecule has 2 aromatic rings. The Hall–Kier alpha value is -1.45. The Labute approximate surface area is 126 Å². The van der Waals surface area contributed by atoms with Crippen LogP contribution in [-0.2, 0) is 6.42 Å². The summed E-state index contributed by atoms with van der Waals surface area (Å²) in [4.78, 5) is 15.7. The topological polar surface area (TPSA) is 20.3 Å². The fourth-order valence-electron chi connectivity index (χ4n) is 2.91. The Morgan fingerprint density at radius 3 is 2.95 bits per heavy atom. The van der Waals surface area contributed by atoms with Crippen molar-refractivity contribution < 1.29 is 4.79 Å². The van der Waals surface area contributed by atoms with E-state index in [2.05, 4.69) is 18.2 Å². The molecule has 2 aliphatic heterocycles. The minimum Gasteiger partial charge on any atom is -0.322 e. The summed E-state index contributed by atoms with van der Waals surface area (Å²) in [5.74, 6) is 0.0979. The molecule has 4 rings (SSSR count). The second-order valence-electron chi connectivity index (χ2n) is 5.06. The number of carbonyl (C=O) groups excluding carboxylic acids is 1. The Bertz CT molecular complexity index is 715. The van der Waals surface area contributed by atoms with E-state index in [1.165, 1.54) is 11.1 Å². The average molecular weight is 302 g/mol. The van der Waals surface area contributed by atoms with Gasteiger partial charge in [0, 0.05) is 16.5 Å². The predicted molar refractivity (Wildman–Crippen MR) is 81.2 cm³/mol. The van der Waals surface area contributed by atoms with Crippen LogP contribution in [0.15, 0.2) is 47.4 Å². The van der Waals surface area contributed by atoms with Gasteiger partial charge in [-0.05, 0) is 35.7 Å². The van der Waals surface area contributed by atoms with Gasteiger partial charge in [-0.1, -0.05) is 47.6 Å². The number of halogens is 1. The molecule has 2 aliphatic rings. The van der Waals surface area contributed by atoms with Crippen LogP contribution in [0.5, 0.6) is 0 Å². The van der Waals surface area contributed by atoms with Crippen molar-refractivity contribution in [1.82, 2.24) is 4.90 Å². The summed E-state index contributed by atoms with van der Waals surface area (Å²) in [5, 5.41) is 0.717. The second-order valence-corrected chi connectivity index (χ2v) is 6.62. The van der Waals surface area contributed by atoms with Gasteiger partial charge in [0.15, 0.2) is 0 Å². The van der Waals surface area contributed by atoms with E-state index in [0.29, 0.717) is 5.02 Å². The monoisotopic (exact) mass is 301 g/mol. The van der Waals surface area contributed by atoms with Crippen molar-refractivity contribution >= 4 is 29.3 Å². The van der Waals surface area contributed by atoms with E-state index in [1.54, 1.807) is 17.8 Å². The number of rotatable bonds is 0. The highest BCUT2D eigenvalue weighted by Crippen LogP contribution is 2.47. The van der Waals surface area contributed by atoms with Gasteiger partial charge in [0.05, 0.1) is 5.56 Å². The molecule has 1 unspecified atom stereocenters. The van der Waals surface area contributed by atoms with Crippen LogP contribution < -0.4 is 0 Å². The zero-order chi connectivity index (χ0) is 13.7. The summed E-state index contributed by atoms with van der Waals surface area (Å²) in [6, 6.07) is 14.0. The van der Waals surface area contributed by atoms with Crippen molar-refractivity contribution in [2.24, 2.45) is 0 Å². The first-order chi connectivity index (χ1) is 9.74. The molecule has 2 heterocycles. The van der Waals surface area contributed by atoms with Gasteiger partial charge in [-0.25, -0.2) is 0 Å². The largest absolute Gasteiger partial charge is 0.322 e. The summed E-state index contributed by atoms with van der Waals surface area (Å²) < 4.78 is 0. The molecule has 4 heteroatoms. The molecule has 0 saturated heterocycles. The molecule has 0 saturated carbocycles. The van der Waals surface area contributed by atoms with Crippen molar-refractivity contribution in [3.05, 3.63) is 64.2 Å². The molecule has 100 valence electrons. The number of hydrogen-bond acceptors (Lipinski definition) is 2. The molecule has 2 nitrogen and oxygen atoms in total. The highest BCUT2D eigenvalue weighted by molar-refractivity contribution is 7.99. The van der Waals surface area contributed by atoms with Gasteiger partial charge < -0.3 is 4.90 Å². The Morgan fingerprint density at radius 2 is 2.05 bits per heavy atom. The predicted octanol–water partition coefficient (Wildman–Crippen LogP) is 4.14. The third-order valence-corrected chi connectivity index (χ3v) is 5.47. The van der Waals surface area contributed by atoms with Gasteiger partial charge in [-0.15, -0.1) is 0 Å².